The number of rotatable bonds is 5. The van der Waals surface area contributed by atoms with Crippen molar-refractivity contribution >= 4 is 35.8 Å². The molecule has 2 aliphatic rings. The first-order valence-electron chi connectivity index (χ1n) is 9.66. The van der Waals surface area contributed by atoms with Gasteiger partial charge in [0, 0.05) is 38.6 Å². The van der Waals surface area contributed by atoms with Crippen LogP contribution in [0.15, 0.2) is 29.3 Å². The molecule has 5 nitrogen and oxygen atoms in total. The molecule has 0 aromatic heterocycles. The minimum absolute atomic E-state index is 0. The molecule has 0 bridgehead atoms. The minimum Gasteiger partial charge on any atom is -0.356 e. The van der Waals surface area contributed by atoms with Crippen molar-refractivity contribution in [1.82, 2.24) is 15.5 Å². The molecular weight excluding hydrogens is 458 g/mol. The molecular formula is C20H30FIN4O. The number of nitrogens with zero attached hydrogens (tertiary/aromatic N) is 2. The summed E-state index contributed by atoms with van der Waals surface area (Å²) in [4.78, 5) is 18.8. The van der Waals surface area contributed by atoms with Gasteiger partial charge in [-0.15, -0.1) is 24.0 Å². The van der Waals surface area contributed by atoms with Crippen molar-refractivity contribution in [3.05, 3.63) is 35.6 Å². The summed E-state index contributed by atoms with van der Waals surface area (Å²) in [5, 5.41) is 6.72. The van der Waals surface area contributed by atoms with E-state index in [1.807, 2.05) is 4.90 Å². The van der Waals surface area contributed by atoms with Crippen molar-refractivity contribution in [3.8, 4) is 0 Å². The number of aliphatic imine (C=N–C) groups is 1. The van der Waals surface area contributed by atoms with Crippen molar-refractivity contribution in [3.63, 3.8) is 0 Å². The molecule has 1 aromatic carbocycles. The summed E-state index contributed by atoms with van der Waals surface area (Å²) in [7, 11) is 1.75. The van der Waals surface area contributed by atoms with Crippen molar-refractivity contribution in [1.29, 1.82) is 0 Å². The van der Waals surface area contributed by atoms with Crippen LogP contribution in [-0.4, -0.2) is 49.5 Å². The first-order valence-corrected chi connectivity index (χ1v) is 9.66. The molecule has 1 saturated carbocycles. The second-order valence-electron chi connectivity index (χ2n) is 7.27. The number of amides is 1. The standard InChI is InChI=1S/C20H29FN4O.HI/c1-22-20(23-12-10-15-6-8-17(21)9-7-15)24-18-11-13-25(14-18)19(26)16-4-2-3-5-16;/h6-9,16,18H,2-5,10-14H2,1H3,(H2,22,23,24);1H. The maximum Gasteiger partial charge on any atom is 0.225 e. The molecule has 3 rings (SSSR count). The van der Waals surface area contributed by atoms with Crippen LogP contribution in [0.5, 0.6) is 0 Å². The Balaban J connectivity index is 0.00000261. The molecule has 0 radical (unpaired) electrons. The number of halogens is 2. The zero-order chi connectivity index (χ0) is 18.4. The molecule has 1 heterocycles. The Morgan fingerprint density at radius 3 is 2.59 bits per heavy atom. The SMILES string of the molecule is CN=C(NCCc1ccc(F)cc1)NC1CCN(C(=O)C2CCCC2)C1.I. The average molecular weight is 488 g/mol. The van der Waals surface area contributed by atoms with Gasteiger partial charge in [0.15, 0.2) is 5.96 Å². The molecule has 1 aliphatic heterocycles. The van der Waals surface area contributed by atoms with E-state index in [1.54, 1.807) is 19.2 Å². The zero-order valence-corrected chi connectivity index (χ0v) is 18.2. The van der Waals surface area contributed by atoms with Gasteiger partial charge in [0.25, 0.3) is 0 Å². The second-order valence-corrected chi connectivity index (χ2v) is 7.27. The number of hydrogen-bond donors (Lipinski definition) is 2. The molecule has 1 aliphatic carbocycles. The van der Waals surface area contributed by atoms with E-state index in [0.29, 0.717) is 5.91 Å². The minimum atomic E-state index is -0.211. The lowest BCUT2D eigenvalue weighted by molar-refractivity contribution is -0.134. The number of hydrogen-bond acceptors (Lipinski definition) is 2. The zero-order valence-electron chi connectivity index (χ0n) is 15.9. The highest BCUT2D eigenvalue weighted by Gasteiger charge is 2.32. The van der Waals surface area contributed by atoms with Crippen molar-refractivity contribution in [2.75, 3.05) is 26.7 Å². The normalized spacial score (nSPS) is 20.4. The van der Waals surface area contributed by atoms with Gasteiger partial charge in [-0.2, -0.15) is 0 Å². The molecule has 0 spiro atoms. The fourth-order valence-electron chi connectivity index (χ4n) is 3.87. The third-order valence-electron chi connectivity index (χ3n) is 5.39. The van der Waals surface area contributed by atoms with Crippen LogP contribution in [0.25, 0.3) is 0 Å². The lowest BCUT2D eigenvalue weighted by Crippen LogP contribution is -2.45. The molecule has 2 N–H and O–H groups in total. The van der Waals surface area contributed by atoms with Crippen LogP contribution in [0.4, 0.5) is 4.39 Å². The Morgan fingerprint density at radius 2 is 1.93 bits per heavy atom. The Hall–Kier alpha value is -1.38. The number of benzene rings is 1. The van der Waals surface area contributed by atoms with E-state index in [9.17, 15) is 9.18 Å². The Labute approximate surface area is 178 Å². The number of likely N-dealkylation sites (tertiary alicyclic amines) is 1. The summed E-state index contributed by atoms with van der Waals surface area (Å²) < 4.78 is 12.9. The van der Waals surface area contributed by atoms with E-state index in [2.05, 4.69) is 15.6 Å². The highest BCUT2D eigenvalue weighted by molar-refractivity contribution is 14.0. The monoisotopic (exact) mass is 488 g/mol. The third-order valence-corrected chi connectivity index (χ3v) is 5.39. The van der Waals surface area contributed by atoms with Crippen LogP contribution in [0.1, 0.15) is 37.7 Å². The molecule has 1 amide bonds. The molecule has 7 heteroatoms. The molecule has 1 atom stereocenters. The number of carbonyl (C=O) groups is 1. The molecule has 1 aromatic rings. The predicted octanol–water partition coefficient (Wildman–Crippen LogP) is 2.94. The maximum atomic E-state index is 12.9. The van der Waals surface area contributed by atoms with E-state index >= 15 is 0 Å². The average Bonchev–Trinajstić information content (AvgIpc) is 3.34. The summed E-state index contributed by atoms with van der Waals surface area (Å²) >= 11 is 0. The van der Waals surface area contributed by atoms with Gasteiger partial charge >= 0.3 is 0 Å². The van der Waals surface area contributed by atoms with Crippen molar-refractivity contribution in [2.24, 2.45) is 10.9 Å². The molecule has 150 valence electrons. The Bertz CT molecular complexity index is 631. The lowest BCUT2D eigenvalue weighted by Gasteiger charge is -2.21. The highest BCUT2D eigenvalue weighted by Crippen LogP contribution is 2.27. The molecule has 2 fully saturated rings. The summed E-state index contributed by atoms with van der Waals surface area (Å²) in [5.74, 6) is 1.14. The number of nitrogens with one attached hydrogen (secondary N) is 2. The number of guanidine groups is 1. The van der Waals surface area contributed by atoms with Crippen molar-refractivity contribution in [2.45, 2.75) is 44.6 Å². The second kappa shape index (κ2) is 10.8. The quantitative estimate of drug-likeness (QED) is 0.381. The Morgan fingerprint density at radius 1 is 1.22 bits per heavy atom. The third kappa shape index (κ3) is 6.33. The highest BCUT2D eigenvalue weighted by atomic mass is 127. The fraction of sp³-hybridized carbons (Fsp3) is 0.600. The Kier molecular flexibility index (Phi) is 8.79. The maximum absolute atomic E-state index is 12.9. The van der Waals surface area contributed by atoms with Crippen molar-refractivity contribution < 1.29 is 9.18 Å². The summed E-state index contributed by atoms with van der Waals surface area (Å²) in [6, 6.07) is 6.82. The van der Waals surface area contributed by atoms with Gasteiger partial charge < -0.3 is 15.5 Å². The van der Waals surface area contributed by atoms with Crippen LogP contribution in [-0.2, 0) is 11.2 Å². The van der Waals surface area contributed by atoms with E-state index < -0.39 is 0 Å². The van der Waals surface area contributed by atoms with Crippen LogP contribution < -0.4 is 10.6 Å². The largest absolute Gasteiger partial charge is 0.356 e. The summed E-state index contributed by atoms with van der Waals surface area (Å²) in [6.07, 6.45) is 6.25. The van der Waals surface area contributed by atoms with E-state index in [-0.39, 0.29) is 41.8 Å². The number of carbonyl (C=O) groups excluding carboxylic acids is 1. The molecule has 1 unspecified atom stereocenters. The molecule has 27 heavy (non-hydrogen) atoms. The summed E-state index contributed by atoms with van der Waals surface area (Å²) in [5.41, 5.74) is 1.09. The molecule has 1 saturated heterocycles. The van der Waals surface area contributed by atoms with Crippen LogP contribution >= 0.6 is 24.0 Å². The fourth-order valence-corrected chi connectivity index (χ4v) is 3.87. The lowest BCUT2D eigenvalue weighted by atomic mass is 10.1. The predicted molar refractivity (Wildman–Crippen MR) is 117 cm³/mol. The first-order chi connectivity index (χ1) is 12.7. The van der Waals surface area contributed by atoms with Gasteiger partial charge in [-0.3, -0.25) is 9.79 Å². The van der Waals surface area contributed by atoms with Gasteiger partial charge in [-0.1, -0.05) is 25.0 Å². The van der Waals surface area contributed by atoms with Crippen LogP contribution in [0.3, 0.4) is 0 Å². The summed E-state index contributed by atoms with van der Waals surface area (Å²) in [6.45, 7) is 2.32. The van der Waals surface area contributed by atoms with Gasteiger partial charge in [0.2, 0.25) is 5.91 Å². The van der Waals surface area contributed by atoms with Gasteiger partial charge in [0.05, 0.1) is 0 Å². The topological polar surface area (TPSA) is 56.7 Å². The van der Waals surface area contributed by atoms with Gasteiger partial charge in [-0.05, 0) is 43.4 Å². The smallest absolute Gasteiger partial charge is 0.225 e. The first kappa shape index (κ1) is 21.9. The van der Waals surface area contributed by atoms with Crippen LogP contribution in [0, 0.1) is 11.7 Å². The van der Waals surface area contributed by atoms with Gasteiger partial charge in [-0.25, -0.2) is 4.39 Å². The van der Waals surface area contributed by atoms with Crippen LogP contribution in [0.2, 0.25) is 0 Å². The van der Waals surface area contributed by atoms with E-state index in [0.717, 1.165) is 56.8 Å². The van der Waals surface area contributed by atoms with E-state index in [1.165, 1.54) is 25.0 Å². The van der Waals surface area contributed by atoms with Gasteiger partial charge in [0.1, 0.15) is 5.82 Å². The van der Waals surface area contributed by atoms with E-state index in [4.69, 9.17) is 0 Å².